The van der Waals surface area contributed by atoms with Crippen LogP contribution >= 0.6 is 23.2 Å². The zero-order valence-electron chi connectivity index (χ0n) is 66.6. The second-order valence-corrected chi connectivity index (χ2v) is 31.1. The number of carbonyl (C=O) groups is 6. The predicted octanol–water partition coefficient (Wildman–Crippen LogP) is 13.8. The molecular weight excluding hydrogens is 1530 g/mol. The van der Waals surface area contributed by atoms with E-state index in [9.17, 15) is 37.5 Å². The van der Waals surface area contributed by atoms with Crippen LogP contribution < -0.4 is 49.1 Å². The molecule has 616 valence electrons. The van der Waals surface area contributed by atoms with Gasteiger partial charge in [0.1, 0.15) is 11.6 Å². The monoisotopic (exact) mass is 1630 g/mol. The summed E-state index contributed by atoms with van der Waals surface area (Å²) in [6.07, 6.45) is 9.35. The van der Waals surface area contributed by atoms with Gasteiger partial charge in [0, 0.05) is 112 Å². The van der Waals surface area contributed by atoms with E-state index in [1.165, 1.54) is 63.7 Å². The Morgan fingerprint density at radius 2 is 0.720 bits per heavy atom. The van der Waals surface area contributed by atoms with Gasteiger partial charge in [0.15, 0.2) is 0 Å². The van der Waals surface area contributed by atoms with Gasteiger partial charge in [-0.1, -0.05) is 229 Å². The first kappa shape index (κ1) is 88.0. The normalized spacial score (nSPS) is 17.8. The lowest BCUT2D eigenvalue weighted by Gasteiger charge is -2.29. The molecule has 118 heavy (non-hydrogen) atoms. The summed E-state index contributed by atoms with van der Waals surface area (Å²) in [5.41, 5.74) is 26.1. The quantitative estimate of drug-likeness (QED) is 0.0184. The number of hydrogen-bond donors (Lipinski definition) is 9. The molecular formula is C96H108Cl2F2N12O6. The molecule has 18 nitrogen and oxygen atoms in total. The number of rotatable bonds is 31. The van der Waals surface area contributed by atoms with E-state index in [2.05, 4.69) is 105 Å². The molecule has 3 heterocycles. The Balaban J connectivity index is 0.000000174. The lowest BCUT2D eigenvalue weighted by molar-refractivity contribution is -0.133. The molecule has 12 N–H and O–H groups in total. The number of nitrogens with one attached hydrogen (secondary N) is 6. The first-order valence-electron chi connectivity index (χ1n) is 41.0. The summed E-state index contributed by atoms with van der Waals surface area (Å²) in [5, 5.41) is 21.8. The SMILES string of the molecule is NCCC[C@@H]1N[C@H](CNC(=O)/C=C/c2ccc(F)cc2)CCN(CC(c2ccccc2)c2ccccc2)C1=O.NCCC[C@@H]1N[C@H](CNC(=O)c2ccc(Cl)c(Cl)c2)CCN(CC(c2ccccc2)c2ccccc2)C1=O.NCCC[C@@H]1N[C@H](CNC(=O)c2ccc3cc(F)ccc3c2)CCN(CC(c2ccccc2)c2ccccc2)C1=O. The molecule has 0 saturated carbocycles. The van der Waals surface area contributed by atoms with Gasteiger partial charge < -0.3 is 63.8 Å². The molecule has 6 amide bonds. The molecule has 0 bridgehead atoms. The lowest BCUT2D eigenvalue weighted by Crippen LogP contribution is -2.49. The zero-order valence-corrected chi connectivity index (χ0v) is 68.1. The van der Waals surface area contributed by atoms with E-state index in [0.29, 0.717) is 138 Å². The minimum Gasteiger partial charge on any atom is -0.351 e. The van der Waals surface area contributed by atoms with Gasteiger partial charge in [0.05, 0.1) is 28.2 Å². The molecule has 10 aromatic rings. The van der Waals surface area contributed by atoms with Crippen LogP contribution in [0.1, 0.15) is 135 Å². The molecule has 0 aromatic heterocycles. The first-order chi connectivity index (χ1) is 57.5. The highest BCUT2D eigenvalue weighted by molar-refractivity contribution is 6.42. The number of nitrogens with two attached hydrogens (primary N) is 3. The summed E-state index contributed by atoms with van der Waals surface area (Å²) in [6.45, 7) is 6.21. The predicted molar refractivity (Wildman–Crippen MR) is 468 cm³/mol. The van der Waals surface area contributed by atoms with Crippen LogP contribution in [0.2, 0.25) is 10.0 Å². The molecule has 0 aliphatic carbocycles. The third-order valence-corrected chi connectivity index (χ3v) is 22.7. The molecule has 3 saturated heterocycles. The highest BCUT2D eigenvalue weighted by atomic mass is 35.5. The minimum absolute atomic E-state index is 0.0501. The van der Waals surface area contributed by atoms with Crippen molar-refractivity contribution >= 4 is 75.5 Å². The van der Waals surface area contributed by atoms with Crippen LogP contribution in [0.15, 0.2) is 267 Å². The largest absolute Gasteiger partial charge is 0.351 e. The standard InChI is InChI=1S/C34H37FN4O2.C32H37FN4O2.C30H34Cl2N4O2/c35-29-16-15-26-20-28(14-13-27(26)21-29)33(40)37-22-30-17-19-39(34(41)32(38-30)12-7-18-36)23-31(24-8-3-1-4-9-24)25-10-5-2-6-11-25;33-27-16-13-24(14-17-27)15-18-31(38)35-22-28-19-21-37(32(39)30(36-28)12-7-20-34)23-29(25-8-3-1-4-9-25)26-10-5-2-6-11-26;31-26-14-13-23(18-27(26)32)29(37)34-19-24-15-17-36(30(38)28(35-24)12-7-16-33)20-25(21-8-3-1-4-9-21)22-10-5-2-6-11-22/h1-6,8-11,13-16,20-21,30-32,38H,7,12,17-19,22-23,36H2,(H,37,40);1-6,8-11,13-18,28-30,36H,7,12,19-23,34H2,(H,35,38);1-6,8-11,13-14,18,24-25,28,35H,7,12,15-17,19-20,33H2,(H,34,37)/b;18-15+;/t30-,32-;28-,30-;24-,28-/m000/s1. The van der Waals surface area contributed by atoms with Crippen molar-refractivity contribution in [3.05, 3.63) is 339 Å². The van der Waals surface area contributed by atoms with Crippen molar-refractivity contribution in [2.75, 3.05) is 78.5 Å². The number of halogens is 4. The summed E-state index contributed by atoms with van der Waals surface area (Å²) >= 11 is 12.1. The van der Waals surface area contributed by atoms with Crippen molar-refractivity contribution in [2.45, 2.75) is 112 Å². The molecule has 0 unspecified atom stereocenters. The summed E-state index contributed by atoms with van der Waals surface area (Å²) in [4.78, 5) is 85.4. The van der Waals surface area contributed by atoms with Gasteiger partial charge >= 0.3 is 0 Å². The number of fused-ring (bicyclic) bond motifs is 1. The van der Waals surface area contributed by atoms with Crippen LogP contribution in [0, 0.1) is 11.6 Å². The zero-order chi connectivity index (χ0) is 83.0. The summed E-state index contributed by atoms with van der Waals surface area (Å²) in [7, 11) is 0. The van der Waals surface area contributed by atoms with Crippen LogP contribution in [-0.4, -0.2) is 165 Å². The second-order valence-electron chi connectivity index (χ2n) is 30.3. The first-order valence-corrected chi connectivity index (χ1v) is 41.7. The van der Waals surface area contributed by atoms with Crippen LogP contribution in [0.4, 0.5) is 8.78 Å². The average molecular weight is 1630 g/mol. The average Bonchev–Trinajstić information content (AvgIpc) is 1.21. The van der Waals surface area contributed by atoms with Crippen LogP contribution in [0.25, 0.3) is 16.8 Å². The van der Waals surface area contributed by atoms with Crippen LogP contribution in [0.5, 0.6) is 0 Å². The van der Waals surface area contributed by atoms with E-state index >= 15 is 0 Å². The third kappa shape index (κ3) is 26.1. The fourth-order valence-electron chi connectivity index (χ4n) is 15.5. The molecule has 0 radical (unpaired) electrons. The Morgan fingerprint density at radius 1 is 0.398 bits per heavy atom. The molecule has 10 aromatic carbocycles. The van der Waals surface area contributed by atoms with Gasteiger partial charge in [0.2, 0.25) is 23.6 Å². The lowest BCUT2D eigenvalue weighted by atomic mass is 9.90. The Labute approximate surface area is 701 Å². The summed E-state index contributed by atoms with van der Waals surface area (Å²) < 4.78 is 26.6. The second kappa shape index (κ2) is 45.8. The van der Waals surface area contributed by atoms with Crippen LogP contribution in [-0.2, 0) is 19.2 Å². The number of carbonyl (C=O) groups excluding carboxylic acids is 6. The highest BCUT2D eigenvalue weighted by Crippen LogP contribution is 2.32. The van der Waals surface area contributed by atoms with E-state index in [-0.39, 0.29) is 101 Å². The van der Waals surface area contributed by atoms with E-state index in [1.54, 1.807) is 60.7 Å². The highest BCUT2D eigenvalue weighted by Gasteiger charge is 2.36. The number of nitrogens with zero attached hydrogens (tertiary/aromatic N) is 3. The van der Waals surface area contributed by atoms with E-state index in [1.807, 2.05) is 124 Å². The smallest absolute Gasteiger partial charge is 0.251 e. The van der Waals surface area contributed by atoms with Gasteiger partial charge in [-0.2, -0.15) is 0 Å². The van der Waals surface area contributed by atoms with Crippen molar-refractivity contribution in [1.82, 2.24) is 46.6 Å². The Hall–Kier alpha value is -10.8. The maximum Gasteiger partial charge on any atom is 0.251 e. The van der Waals surface area contributed by atoms with Gasteiger partial charge in [-0.3, -0.25) is 28.8 Å². The number of hydrogen-bond acceptors (Lipinski definition) is 12. The van der Waals surface area contributed by atoms with Gasteiger partial charge in [-0.15, -0.1) is 0 Å². The number of benzene rings is 10. The van der Waals surface area contributed by atoms with Gasteiger partial charge in [0.25, 0.3) is 11.8 Å². The maximum atomic E-state index is 13.8. The topological polar surface area (TPSA) is 262 Å². The van der Waals surface area contributed by atoms with Gasteiger partial charge in [-0.25, -0.2) is 8.78 Å². The van der Waals surface area contributed by atoms with Crippen LogP contribution in [0.3, 0.4) is 0 Å². The van der Waals surface area contributed by atoms with Crippen molar-refractivity contribution in [1.29, 1.82) is 0 Å². The molecule has 22 heteroatoms. The van der Waals surface area contributed by atoms with E-state index in [0.717, 1.165) is 35.6 Å². The van der Waals surface area contributed by atoms with Gasteiger partial charge in [-0.05, 0) is 188 Å². The molecule has 3 aliphatic heterocycles. The Bertz CT molecular complexity index is 4740. The molecule has 3 fully saturated rings. The van der Waals surface area contributed by atoms with E-state index in [4.69, 9.17) is 40.4 Å². The molecule has 0 spiro atoms. The molecule has 3 aliphatic rings. The fraction of sp³-hybridized carbons (Fsp3) is 0.312. The van der Waals surface area contributed by atoms with Crippen molar-refractivity contribution < 1.29 is 37.5 Å². The Morgan fingerprint density at radius 3 is 1.08 bits per heavy atom. The molecule has 6 atom stereocenters. The van der Waals surface area contributed by atoms with Crippen molar-refractivity contribution in [2.24, 2.45) is 17.2 Å². The third-order valence-electron chi connectivity index (χ3n) is 22.0. The summed E-state index contributed by atoms with van der Waals surface area (Å²) in [6, 6.07) is 81.1. The number of amides is 6. The van der Waals surface area contributed by atoms with Crippen molar-refractivity contribution in [3.63, 3.8) is 0 Å². The maximum absolute atomic E-state index is 13.8. The fourth-order valence-corrected chi connectivity index (χ4v) is 15.8. The Kier molecular flexibility index (Phi) is 34.2. The minimum atomic E-state index is -0.370. The summed E-state index contributed by atoms with van der Waals surface area (Å²) in [5.74, 6) is -0.897. The van der Waals surface area contributed by atoms with E-state index < -0.39 is 0 Å². The van der Waals surface area contributed by atoms with Crippen molar-refractivity contribution in [3.8, 4) is 0 Å². The molecule has 13 rings (SSSR count).